The molecule has 6 heteroatoms. The number of hydrazine groups is 1. The number of nitrogens with two attached hydrogens (primary N) is 2. The van der Waals surface area contributed by atoms with Crippen molar-refractivity contribution in [1.29, 1.82) is 0 Å². The van der Waals surface area contributed by atoms with Crippen LogP contribution < -0.4 is 21.7 Å². The molecule has 0 fully saturated rings. The predicted molar refractivity (Wildman–Crippen MR) is 84.2 cm³/mol. The molecule has 0 saturated carbocycles. The summed E-state index contributed by atoms with van der Waals surface area (Å²) in [6, 6.07) is 7.69. The Morgan fingerprint density at radius 2 is 1.86 bits per heavy atom. The number of aromatic nitrogens is 2. The minimum atomic E-state index is 0.0965. The molecule has 0 spiro atoms. The number of ether oxygens (including phenoxy) is 1. The fourth-order valence-corrected chi connectivity index (χ4v) is 1.91. The molecule has 1 aromatic heterocycles. The summed E-state index contributed by atoms with van der Waals surface area (Å²) in [7, 11) is 0. The summed E-state index contributed by atoms with van der Waals surface area (Å²) in [6.45, 7) is 8.52. The van der Waals surface area contributed by atoms with Gasteiger partial charge < -0.3 is 15.9 Å². The molecule has 0 aliphatic heterocycles. The van der Waals surface area contributed by atoms with Gasteiger partial charge in [-0.2, -0.15) is 9.97 Å². The van der Waals surface area contributed by atoms with Crippen LogP contribution in [0.4, 0.5) is 11.8 Å². The molecule has 21 heavy (non-hydrogen) atoms. The van der Waals surface area contributed by atoms with Crippen LogP contribution in [0, 0.1) is 6.92 Å². The first-order valence-electron chi connectivity index (χ1n) is 6.70. The highest BCUT2D eigenvalue weighted by Gasteiger charge is 2.15. The standard InChI is InChI=1S/C15H21N5O/c1-9-7-10(15(2,3)4)5-6-11(9)21-13-8-12(20-17)18-14(16)19-13/h5-8H,17H2,1-4H3,(H3,16,18,19,20). The van der Waals surface area contributed by atoms with E-state index in [9.17, 15) is 0 Å². The number of benzene rings is 1. The molecule has 0 amide bonds. The number of hydrogen-bond acceptors (Lipinski definition) is 6. The third-order valence-electron chi connectivity index (χ3n) is 3.12. The van der Waals surface area contributed by atoms with Crippen LogP contribution in [0.2, 0.25) is 0 Å². The van der Waals surface area contributed by atoms with E-state index in [0.717, 1.165) is 11.3 Å². The van der Waals surface area contributed by atoms with Crippen molar-refractivity contribution >= 4 is 11.8 Å². The highest BCUT2D eigenvalue weighted by molar-refractivity contribution is 5.45. The van der Waals surface area contributed by atoms with Crippen LogP contribution in [0.15, 0.2) is 24.3 Å². The lowest BCUT2D eigenvalue weighted by Gasteiger charge is -2.20. The van der Waals surface area contributed by atoms with E-state index in [4.69, 9.17) is 16.3 Å². The lowest BCUT2D eigenvalue weighted by Crippen LogP contribution is -2.11. The normalized spacial score (nSPS) is 11.3. The fourth-order valence-electron chi connectivity index (χ4n) is 1.91. The van der Waals surface area contributed by atoms with E-state index in [1.54, 1.807) is 6.07 Å². The molecule has 1 aromatic carbocycles. The highest BCUT2D eigenvalue weighted by Crippen LogP contribution is 2.30. The van der Waals surface area contributed by atoms with Gasteiger partial charge in [-0.1, -0.05) is 32.9 Å². The Balaban J connectivity index is 2.30. The third kappa shape index (κ3) is 3.61. The molecule has 5 N–H and O–H groups in total. The Morgan fingerprint density at radius 3 is 2.43 bits per heavy atom. The van der Waals surface area contributed by atoms with Crippen LogP contribution in [0.3, 0.4) is 0 Å². The number of anilines is 2. The summed E-state index contributed by atoms with van der Waals surface area (Å²) in [5.41, 5.74) is 10.4. The zero-order valence-electron chi connectivity index (χ0n) is 12.8. The average Bonchev–Trinajstić information content (AvgIpc) is 2.39. The second-order valence-electron chi connectivity index (χ2n) is 5.93. The SMILES string of the molecule is Cc1cc(C(C)(C)C)ccc1Oc1cc(NN)nc(N)n1. The molecule has 0 saturated heterocycles. The van der Waals surface area contributed by atoms with Crippen molar-refractivity contribution in [2.75, 3.05) is 11.2 Å². The van der Waals surface area contributed by atoms with Crippen molar-refractivity contribution in [2.45, 2.75) is 33.1 Å². The maximum Gasteiger partial charge on any atom is 0.226 e. The van der Waals surface area contributed by atoms with Crippen molar-refractivity contribution in [2.24, 2.45) is 5.84 Å². The van der Waals surface area contributed by atoms with E-state index < -0.39 is 0 Å². The van der Waals surface area contributed by atoms with Crippen molar-refractivity contribution < 1.29 is 4.74 Å². The first kappa shape index (κ1) is 15.1. The van der Waals surface area contributed by atoms with Crippen molar-refractivity contribution in [3.8, 4) is 11.6 Å². The molecule has 0 unspecified atom stereocenters. The molecule has 2 rings (SSSR count). The van der Waals surface area contributed by atoms with Crippen LogP contribution in [0.5, 0.6) is 11.6 Å². The van der Waals surface area contributed by atoms with E-state index in [-0.39, 0.29) is 11.4 Å². The zero-order valence-corrected chi connectivity index (χ0v) is 12.8. The molecular weight excluding hydrogens is 266 g/mol. The van der Waals surface area contributed by atoms with E-state index >= 15 is 0 Å². The summed E-state index contributed by atoms with van der Waals surface area (Å²) >= 11 is 0. The van der Waals surface area contributed by atoms with Crippen molar-refractivity contribution in [1.82, 2.24) is 9.97 Å². The van der Waals surface area contributed by atoms with Gasteiger partial charge in [-0.3, -0.25) is 0 Å². The van der Waals surface area contributed by atoms with Gasteiger partial charge in [0.25, 0.3) is 0 Å². The Kier molecular flexibility index (Phi) is 3.99. The average molecular weight is 287 g/mol. The van der Waals surface area contributed by atoms with E-state index in [1.807, 2.05) is 13.0 Å². The van der Waals surface area contributed by atoms with Crippen molar-refractivity contribution in [3.05, 3.63) is 35.4 Å². The van der Waals surface area contributed by atoms with Gasteiger partial charge in [0.15, 0.2) is 0 Å². The number of nitrogen functional groups attached to an aromatic ring is 2. The Morgan fingerprint density at radius 1 is 1.14 bits per heavy atom. The summed E-state index contributed by atoms with van der Waals surface area (Å²) in [6.07, 6.45) is 0. The number of nitrogens with one attached hydrogen (secondary N) is 1. The van der Waals surface area contributed by atoms with Gasteiger partial charge in [-0.05, 0) is 29.5 Å². The monoisotopic (exact) mass is 287 g/mol. The summed E-state index contributed by atoms with van der Waals surface area (Å²) < 4.78 is 5.77. The van der Waals surface area contributed by atoms with Gasteiger partial charge in [0, 0.05) is 6.07 Å². The van der Waals surface area contributed by atoms with E-state index in [1.165, 1.54) is 5.56 Å². The molecule has 2 aromatic rings. The van der Waals surface area contributed by atoms with E-state index in [2.05, 4.69) is 48.3 Å². The first-order chi connectivity index (χ1) is 9.79. The molecule has 0 radical (unpaired) electrons. The van der Waals surface area contributed by atoms with Crippen LogP contribution in [0.25, 0.3) is 0 Å². The van der Waals surface area contributed by atoms with Crippen LogP contribution in [-0.4, -0.2) is 9.97 Å². The number of rotatable bonds is 3. The maximum atomic E-state index is 5.77. The molecule has 0 bridgehead atoms. The number of hydrogen-bond donors (Lipinski definition) is 3. The molecule has 0 aliphatic rings. The van der Waals surface area contributed by atoms with Gasteiger partial charge in [0.1, 0.15) is 11.6 Å². The second-order valence-corrected chi connectivity index (χ2v) is 5.93. The van der Waals surface area contributed by atoms with Crippen LogP contribution in [0.1, 0.15) is 31.9 Å². The van der Waals surface area contributed by atoms with Crippen LogP contribution >= 0.6 is 0 Å². The fraction of sp³-hybridized carbons (Fsp3) is 0.333. The third-order valence-corrected chi connectivity index (χ3v) is 3.12. The highest BCUT2D eigenvalue weighted by atomic mass is 16.5. The molecule has 6 nitrogen and oxygen atoms in total. The topological polar surface area (TPSA) is 99.1 Å². The molecule has 1 heterocycles. The summed E-state index contributed by atoms with van der Waals surface area (Å²) in [4.78, 5) is 7.95. The Labute approximate surface area is 124 Å². The summed E-state index contributed by atoms with van der Waals surface area (Å²) in [5, 5.41) is 0. The van der Waals surface area contributed by atoms with Gasteiger partial charge in [0.05, 0.1) is 0 Å². The largest absolute Gasteiger partial charge is 0.439 e. The molecule has 112 valence electrons. The lowest BCUT2D eigenvalue weighted by molar-refractivity contribution is 0.458. The number of nitrogens with zero attached hydrogens (tertiary/aromatic N) is 2. The van der Waals surface area contributed by atoms with Gasteiger partial charge >= 0.3 is 0 Å². The van der Waals surface area contributed by atoms with Crippen LogP contribution in [-0.2, 0) is 5.41 Å². The van der Waals surface area contributed by atoms with Gasteiger partial charge in [-0.25, -0.2) is 5.84 Å². The predicted octanol–water partition coefficient (Wildman–Crippen LogP) is 2.74. The quantitative estimate of drug-likeness (QED) is 0.593. The molecular formula is C15H21N5O. The smallest absolute Gasteiger partial charge is 0.226 e. The maximum absolute atomic E-state index is 5.77. The molecule has 0 atom stereocenters. The number of aryl methyl sites for hydroxylation is 1. The second kappa shape index (κ2) is 5.57. The minimum absolute atomic E-state index is 0.0965. The Bertz CT molecular complexity index is 649. The van der Waals surface area contributed by atoms with Crippen molar-refractivity contribution in [3.63, 3.8) is 0 Å². The van der Waals surface area contributed by atoms with Gasteiger partial charge in [0.2, 0.25) is 11.8 Å². The first-order valence-corrected chi connectivity index (χ1v) is 6.70. The summed E-state index contributed by atoms with van der Waals surface area (Å²) in [5.74, 6) is 6.91. The Hall–Kier alpha value is -2.34. The minimum Gasteiger partial charge on any atom is -0.439 e. The zero-order chi connectivity index (χ0) is 15.6. The van der Waals surface area contributed by atoms with E-state index in [0.29, 0.717) is 11.7 Å². The molecule has 0 aliphatic carbocycles. The lowest BCUT2D eigenvalue weighted by atomic mass is 9.86. The van der Waals surface area contributed by atoms with Gasteiger partial charge in [-0.15, -0.1) is 0 Å².